The first kappa shape index (κ1) is 57.2. The van der Waals surface area contributed by atoms with Crippen LogP contribution in [0.3, 0.4) is 0 Å². The SMILES string of the molecule is c1ccc(N(c2ccccc2)c2ccc3c(c2)Oc2cc(N(c4ccccc4)c4ccccc4)ccc2N3c2ccc3c4ccc(N5c6ccc(N(c7ccccc7)c7ccccc7)cc6Oc6cc(N(c7ccccc7)c7ccccc7)ccc65)cc4c4nccnc4c3c2)cc1. The van der Waals surface area contributed by atoms with Crippen molar-refractivity contribution in [3.05, 3.63) is 364 Å². The molecule has 10 heteroatoms. The number of para-hydroxylation sites is 8. The van der Waals surface area contributed by atoms with Gasteiger partial charge in [0.25, 0.3) is 0 Å². The Morgan fingerprint density at radius 1 is 0.204 bits per heavy atom. The van der Waals surface area contributed by atoms with Gasteiger partial charge in [0.15, 0.2) is 23.0 Å². The zero-order valence-electron chi connectivity index (χ0n) is 53.0. The number of fused-ring (bicyclic) bond motifs is 10. The predicted molar refractivity (Wildman–Crippen MR) is 403 cm³/mol. The van der Waals surface area contributed by atoms with E-state index in [1.54, 1.807) is 12.4 Å². The van der Waals surface area contributed by atoms with Crippen LogP contribution in [0.4, 0.5) is 102 Å². The average Bonchev–Trinajstić information content (AvgIpc) is 0.730. The van der Waals surface area contributed by atoms with Crippen molar-refractivity contribution in [2.75, 3.05) is 29.4 Å². The van der Waals surface area contributed by atoms with Crippen LogP contribution in [-0.2, 0) is 0 Å². The van der Waals surface area contributed by atoms with Crippen molar-refractivity contribution in [2.45, 2.75) is 0 Å². The molecule has 2 aliphatic heterocycles. The Kier molecular flexibility index (Phi) is 14.3. The molecule has 2 aliphatic rings. The van der Waals surface area contributed by atoms with Crippen molar-refractivity contribution in [3.63, 3.8) is 0 Å². The van der Waals surface area contributed by atoms with E-state index in [-0.39, 0.29) is 0 Å². The first-order valence-electron chi connectivity index (χ1n) is 32.9. The van der Waals surface area contributed by atoms with Crippen LogP contribution in [0.15, 0.2) is 364 Å². The van der Waals surface area contributed by atoms with Gasteiger partial charge in [-0.1, -0.05) is 158 Å². The average molecular weight is 1260 g/mol. The Labute approximate surface area is 567 Å². The highest BCUT2D eigenvalue weighted by Gasteiger charge is 2.32. The van der Waals surface area contributed by atoms with Crippen LogP contribution in [0, 0.1) is 0 Å². The molecule has 464 valence electrons. The second-order valence-electron chi connectivity index (χ2n) is 24.2. The lowest BCUT2D eigenvalue weighted by Gasteiger charge is -2.35. The topological polar surface area (TPSA) is 63.7 Å². The summed E-state index contributed by atoms with van der Waals surface area (Å²) in [4.78, 5) is 24.2. The number of anilines is 18. The Morgan fingerprint density at radius 3 is 0.653 bits per heavy atom. The molecule has 98 heavy (non-hydrogen) atoms. The summed E-state index contributed by atoms with van der Waals surface area (Å²) >= 11 is 0. The van der Waals surface area contributed by atoms with Crippen molar-refractivity contribution in [1.82, 2.24) is 9.97 Å². The van der Waals surface area contributed by atoms with Gasteiger partial charge >= 0.3 is 0 Å². The largest absolute Gasteiger partial charge is 0.453 e. The molecule has 3 heterocycles. The second kappa shape index (κ2) is 24.5. The maximum Gasteiger partial charge on any atom is 0.153 e. The van der Waals surface area contributed by atoms with E-state index in [0.29, 0.717) is 23.0 Å². The van der Waals surface area contributed by atoms with Crippen LogP contribution in [0.25, 0.3) is 32.6 Å². The number of hydrogen-bond acceptors (Lipinski definition) is 10. The highest BCUT2D eigenvalue weighted by molar-refractivity contribution is 6.24. The van der Waals surface area contributed by atoms with Gasteiger partial charge in [-0.05, 0) is 181 Å². The summed E-state index contributed by atoms with van der Waals surface area (Å²) in [6.07, 6.45) is 3.60. The molecule has 0 saturated carbocycles. The molecule has 0 spiro atoms. The van der Waals surface area contributed by atoms with Gasteiger partial charge in [0.1, 0.15) is 0 Å². The lowest BCUT2D eigenvalue weighted by atomic mass is 9.97. The summed E-state index contributed by atoms with van der Waals surface area (Å²) < 4.78 is 14.5. The van der Waals surface area contributed by atoms with Crippen LogP contribution in [-0.4, -0.2) is 9.97 Å². The summed E-state index contributed by atoms with van der Waals surface area (Å²) in [6.45, 7) is 0. The van der Waals surface area contributed by atoms with Crippen LogP contribution in [0.2, 0.25) is 0 Å². The zero-order chi connectivity index (χ0) is 64.9. The van der Waals surface area contributed by atoms with Gasteiger partial charge in [0.05, 0.1) is 33.8 Å². The molecule has 0 radical (unpaired) electrons. The molecule has 0 saturated heterocycles. The first-order valence-corrected chi connectivity index (χ1v) is 32.9. The Balaban J connectivity index is 0.793. The third-order valence-corrected chi connectivity index (χ3v) is 18.3. The smallest absolute Gasteiger partial charge is 0.153 e. The van der Waals surface area contributed by atoms with Crippen molar-refractivity contribution < 1.29 is 9.47 Å². The summed E-state index contributed by atoms with van der Waals surface area (Å²) in [6, 6.07) is 123. The van der Waals surface area contributed by atoms with Gasteiger partial charge in [0, 0.05) is 127 Å². The van der Waals surface area contributed by atoms with E-state index in [4.69, 9.17) is 19.4 Å². The van der Waals surface area contributed by atoms with E-state index < -0.39 is 0 Å². The monoisotopic (exact) mass is 1260 g/mol. The Bertz CT molecular complexity index is 4810. The van der Waals surface area contributed by atoms with E-state index in [1.807, 2.05) is 0 Å². The molecule has 0 N–H and O–H groups in total. The minimum absolute atomic E-state index is 0.707. The standard InChI is InChI=1S/C88H60N8O2/c1-9-25-61(26-10-1)91(62-27-11-2-12-28-62)71-43-49-79-83(57-71)97-84-58-72(92(63-29-13-3-14-30-63)64-31-15-4-16-32-64)44-50-80(84)95(79)69-41-47-75-76-48-42-70(56-78(76)88-87(77(75)55-69)89-53-54-90-88)96-81-51-45-73(93(65-33-17-5-18-34-65)66-35-19-6-20-36-66)59-85(81)98-86-60-74(46-52-82(86)96)94(67-37-21-7-22-38-67)68-39-23-8-24-40-68/h1-60H. The minimum atomic E-state index is 0.707. The molecule has 16 aromatic rings. The number of nitrogens with zero attached hydrogens (tertiary/aromatic N) is 8. The highest BCUT2D eigenvalue weighted by atomic mass is 16.5. The van der Waals surface area contributed by atoms with Gasteiger partial charge in [-0.25, -0.2) is 0 Å². The normalized spacial score (nSPS) is 12.0. The van der Waals surface area contributed by atoms with E-state index in [9.17, 15) is 0 Å². The maximum atomic E-state index is 7.25. The van der Waals surface area contributed by atoms with Crippen molar-refractivity contribution >= 4 is 135 Å². The predicted octanol–water partition coefficient (Wildman–Crippen LogP) is 25.0. The number of aromatic nitrogens is 2. The van der Waals surface area contributed by atoms with E-state index in [1.165, 1.54) is 0 Å². The van der Waals surface area contributed by atoms with Crippen molar-refractivity contribution in [2.24, 2.45) is 0 Å². The second-order valence-corrected chi connectivity index (χ2v) is 24.2. The fourth-order valence-electron chi connectivity index (χ4n) is 14.0. The molecular weight excluding hydrogens is 1200 g/mol. The number of rotatable bonds is 14. The molecule has 10 nitrogen and oxygen atoms in total. The lowest BCUT2D eigenvalue weighted by molar-refractivity contribution is 0.477. The molecule has 0 atom stereocenters. The van der Waals surface area contributed by atoms with Gasteiger partial charge in [-0.2, -0.15) is 0 Å². The summed E-state index contributed by atoms with van der Waals surface area (Å²) in [7, 11) is 0. The molecule has 0 fully saturated rings. The summed E-state index contributed by atoms with van der Waals surface area (Å²) in [5.74, 6) is 2.83. The molecule has 18 rings (SSSR count). The molecular formula is C88H60N8O2. The molecule has 0 aliphatic carbocycles. The summed E-state index contributed by atoms with van der Waals surface area (Å²) in [5, 5.41) is 4.03. The quantitative estimate of drug-likeness (QED) is 0.0984. The lowest BCUT2D eigenvalue weighted by Crippen LogP contribution is -2.18. The molecule has 0 amide bonds. The van der Waals surface area contributed by atoms with Crippen LogP contribution in [0.1, 0.15) is 0 Å². The highest BCUT2D eigenvalue weighted by Crippen LogP contribution is 2.57. The number of hydrogen-bond donors (Lipinski definition) is 0. The fraction of sp³-hybridized carbons (Fsp3) is 0. The van der Waals surface area contributed by atoms with Crippen molar-refractivity contribution in [3.8, 4) is 23.0 Å². The first-order chi connectivity index (χ1) is 48.6. The molecule has 15 aromatic carbocycles. The number of ether oxygens (including phenoxy) is 2. The number of benzene rings is 15. The van der Waals surface area contributed by atoms with Crippen LogP contribution in [0.5, 0.6) is 23.0 Å². The van der Waals surface area contributed by atoms with E-state index >= 15 is 0 Å². The Morgan fingerprint density at radius 2 is 0.429 bits per heavy atom. The van der Waals surface area contributed by atoms with E-state index in [0.717, 1.165) is 135 Å². The molecule has 0 bridgehead atoms. The third kappa shape index (κ3) is 10.2. The van der Waals surface area contributed by atoms with Gasteiger partial charge < -0.3 is 38.9 Å². The third-order valence-electron chi connectivity index (χ3n) is 18.3. The maximum absolute atomic E-state index is 7.25. The van der Waals surface area contributed by atoms with Gasteiger partial charge in [-0.15, -0.1) is 0 Å². The van der Waals surface area contributed by atoms with Gasteiger partial charge in [0.2, 0.25) is 0 Å². The van der Waals surface area contributed by atoms with Crippen molar-refractivity contribution in [1.29, 1.82) is 0 Å². The minimum Gasteiger partial charge on any atom is -0.453 e. The zero-order valence-corrected chi connectivity index (χ0v) is 53.0. The fourth-order valence-corrected chi connectivity index (χ4v) is 14.0. The van der Waals surface area contributed by atoms with Crippen LogP contribution < -0.4 is 38.9 Å². The Hall–Kier alpha value is -13.4. The van der Waals surface area contributed by atoms with E-state index in [2.05, 4.69) is 381 Å². The molecule has 0 unspecified atom stereocenters. The molecule has 1 aromatic heterocycles. The summed E-state index contributed by atoms with van der Waals surface area (Å²) in [5.41, 5.74) is 19.1. The van der Waals surface area contributed by atoms with Crippen LogP contribution >= 0.6 is 0 Å². The van der Waals surface area contributed by atoms with Gasteiger partial charge in [-0.3, -0.25) is 9.97 Å².